The van der Waals surface area contributed by atoms with Crippen LogP contribution in [0.1, 0.15) is 10.4 Å². The Morgan fingerprint density at radius 3 is 2.21 bits per heavy atom. The highest BCUT2D eigenvalue weighted by atomic mass is 16.2. The van der Waals surface area contributed by atoms with Gasteiger partial charge in [-0.1, -0.05) is 48.5 Å². The van der Waals surface area contributed by atoms with Gasteiger partial charge in [-0.05, 0) is 22.6 Å². The Bertz CT molecular complexity index is 692. The van der Waals surface area contributed by atoms with Gasteiger partial charge in [0.25, 0.3) is 5.91 Å². The van der Waals surface area contributed by atoms with Gasteiger partial charge in [-0.15, -0.1) is 5.10 Å². The van der Waals surface area contributed by atoms with Crippen LogP contribution in [-0.2, 0) is 0 Å². The van der Waals surface area contributed by atoms with Crippen molar-refractivity contribution < 1.29 is 4.79 Å². The first-order valence-corrected chi connectivity index (χ1v) is 5.80. The zero-order chi connectivity index (χ0) is 13.1. The van der Waals surface area contributed by atoms with Crippen LogP contribution in [0.3, 0.4) is 0 Å². The lowest BCUT2D eigenvalue weighted by molar-refractivity contribution is 0.0945. The van der Waals surface area contributed by atoms with E-state index in [1.807, 2.05) is 36.4 Å². The summed E-state index contributed by atoms with van der Waals surface area (Å²) in [5, 5.41) is 11.3. The van der Waals surface area contributed by atoms with Crippen molar-refractivity contribution in [2.24, 2.45) is 0 Å². The van der Waals surface area contributed by atoms with E-state index in [1.54, 1.807) is 24.3 Å². The summed E-state index contributed by atoms with van der Waals surface area (Å²) in [4.78, 5) is 12.3. The number of hydrogen-bond donors (Lipinski definition) is 0. The molecule has 0 saturated carbocycles. The van der Waals surface area contributed by atoms with Crippen molar-refractivity contribution in [3.05, 3.63) is 66.2 Å². The van der Waals surface area contributed by atoms with Crippen LogP contribution >= 0.6 is 0 Å². The van der Waals surface area contributed by atoms with Gasteiger partial charge >= 0.3 is 0 Å². The Labute approximate surface area is 109 Å². The van der Waals surface area contributed by atoms with Gasteiger partial charge in [-0.3, -0.25) is 4.79 Å². The molecule has 0 radical (unpaired) electrons. The topological polar surface area (TPSA) is 60.7 Å². The minimum atomic E-state index is -0.246. The van der Waals surface area contributed by atoms with E-state index in [1.165, 1.54) is 4.68 Å². The van der Waals surface area contributed by atoms with Crippen LogP contribution in [0.5, 0.6) is 0 Å². The lowest BCUT2D eigenvalue weighted by Crippen LogP contribution is -2.15. The van der Waals surface area contributed by atoms with Crippen LogP contribution in [0, 0.1) is 0 Å². The van der Waals surface area contributed by atoms with Crippen LogP contribution < -0.4 is 0 Å². The third-order valence-corrected chi connectivity index (χ3v) is 2.71. The first-order valence-electron chi connectivity index (χ1n) is 5.80. The Morgan fingerprint density at radius 1 is 0.895 bits per heavy atom. The van der Waals surface area contributed by atoms with E-state index in [0.29, 0.717) is 11.4 Å². The lowest BCUT2D eigenvalue weighted by atomic mass is 10.2. The molecule has 0 spiro atoms. The minimum absolute atomic E-state index is 0.246. The molecule has 5 heteroatoms. The van der Waals surface area contributed by atoms with Crippen molar-refractivity contribution in [2.75, 3.05) is 0 Å². The maximum atomic E-state index is 12.3. The molecule has 1 heterocycles. The fourth-order valence-corrected chi connectivity index (χ4v) is 1.79. The molecule has 3 rings (SSSR count). The predicted octanol–water partition coefficient (Wildman–Crippen LogP) is 2.03. The molecule has 0 amide bonds. The second-order valence-corrected chi connectivity index (χ2v) is 3.95. The highest BCUT2D eigenvalue weighted by molar-refractivity contribution is 5.97. The number of hydrogen-bond acceptors (Lipinski definition) is 4. The second kappa shape index (κ2) is 4.81. The molecule has 19 heavy (non-hydrogen) atoms. The molecule has 0 unspecified atom stereocenters. The van der Waals surface area contributed by atoms with Gasteiger partial charge in [0.2, 0.25) is 0 Å². The summed E-state index contributed by atoms with van der Waals surface area (Å²) in [7, 11) is 0. The van der Waals surface area contributed by atoms with Crippen molar-refractivity contribution in [3.8, 4) is 11.4 Å². The monoisotopic (exact) mass is 250 g/mol. The summed E-state index contributed by atoms with van der Waals surface area (Å²) in [6.45, 7) is 0. The van der Waals surface area contributed by atoms with E-state index in [9.17, 15) is 4.79 Å². The summed E-state index contributed by atoms with van der Waals surface area (Å²) in [6.07, 6.45) is 0. The molecule has 0 aliphatic heterocycles. The quantitative estimate of drug-likeness (QED) is 0.653. The third kappa shape index (κ3) is 2.13. The van der Waals surface area contributed by atoms with Crippen molar-refractivity contribution >= 4 is 5.91 Å². The van der Waals surface area contributed by atoms with Gasteiger partial charge in [-0.2, -0.15) is 4.68 Å². The van der Waals surface area contributed by atoms with Crippen molar-refractivity contribution in [1.29, 1.82) is 0 Å². The number of rotatable bonds is 2. The molecular formula is C14H10N4O. The number of benzene rings is 2. The zero-order valence-electron chi connectivity index (χ0n) is 9.97. The smallest absolute Gasteiger partial charge is 0.267 e. The molecule has 2 aromatic carbocycles. The van der Waals surface area contributed by atoms with E-state index in [-0.39, 0.29) is 5.91 Å². The summed E-state index contributed by atoms with van der Waals surface area (Å²) in [6, 6.07) is 18.3. The molecule has 0 atom stereocenters. The molecule has 0 saturated heterocycles. The maximum absolute atomic E-state index is 12.3. The normalized spacial score (nSPS) is 10.3. The highest BCUT2D eigenvalue weighted by Gasteiger charge is 2.16. The molecule has 1 aromatic heterocycles. The number of nitrogens with zero attached hydrogens (tertiary/aromatic N) is 4. The molecule has 0 aliphatic carbocycles. The van der Waals surface area contributed by atoms with Crippen LogP contribution in [0.2, 0.25) is 0 Å². The SMILES string of the molecule is O=C(c1ccccc1)n1nnnc1-c1ccccc1. The number of aromatic nitrogens is 4. The van der Waals surface area contributed by atoms with E-state index in [2.05, 4.69) is 15.5 Å². The minimum Gasteiger partial charge on any atom is -0.267 e. The zero-order valence-corrected chi connectivity index (χ0v) is 9.97. The average molecular weight is 250 g/mol. The van der Waals surface area contributed by atoms with Crippen molar-refractivity contribution in [2.45, 2.75) is 0 Å². The maximum Gasteiger partial charge on any atom is 0.281 e. The van der Waals surface area contributed by atoms with E-state index < -0.39 is 0 Å². The van der Waals surface area contributed by atoms with Crippen LogP contribution in [0.15, 0.2) is 60.7 Å². The van der Waals surface area contributed by atoms with E-state index in [4.69, 9.17) is 0 Å². The largest absolute Gasteiger partial charge is 0.281 e. The van der Waals surface area contributed by atoms with Crippen LogP contribution in [0.25, 0.3) is 11.4 Å². The fourth-order valence-electron chi connectivity index (χ4n) is 1.79. The van der Waals surface area contributed by atoms with E-state index >= 15 is 0 Å². The first kappa shape index (κ1) is 11.3. The Morgan fingerprint density at radius 2 is 1.53 bits per heavy atom. The molecule has 5 nitrogen and oxygen atoms in total. The molecule has 0 bridgehead atoms. The Balaban J connectivity index is 2.04. The van der Waals surface area contributed by atoms with Crippen molar-refractivity contribution in [1.82, 2.24) is 20.2 Å². The third-order valence-electron chi connectivity index (χ3n) is 2.71. The van der Waals surface area contributed by atoms with Gasteiger partial charge in [0.15, 0.2) is 5.82 Å². The molecule has 3 aromatic rings. The Kier molecular flexibility index (Phi) is 2.86. The standard InChI is InChI=1S/C14H10N4O/c19-14(12-9-5-2-6-10-12)18-13(15-16-17-18)11-7-3-1-4-8-11/h1-10H. The number of carbonyl (C=O) groups excluding carboxylic acids is 1. The van der Waals surface area contributed by atoms with Gasteiger partial charge < -0.3 is 0 Å². The summed E-state index contributed by atoms with van der Waals surface area (Å²) < 4.78 is 1.21. The van der Waals surface area contributed by atoms with Gasteiger partial charge in [0.05, 0.1) is 0 Å². The first-order chi connectivity index (χ1) is 9.36. The Hall–Kier alpha value is -2.82. The second-order valence-electron chi connectivity index (χ2n) is 3.95. The molecule has 0 aliphatic rings. The fraction of sp³-hybridized carbons (Fsp3) is 0. The molecule has 92 valence electrons. The number of tetrazole rings is 1. The van der Waals surface area contributed by atoms with Gasteiger partial charge in [0, 0.05) is 11.1 Å². The van der Waals surface area contributed by atoms with Crippen LogP contribution in [-0.4, -0.2) is 26.1 Å². The molecule has 0 fully saturated rings. The van der Waals surface area contributed by atoms with Gasteiger partial charge in [-0.25, -0.2) is 0 Å². The van der Waals surface area contributed by atoms with Crippen molar-refractivity contribution in [3.63, 3.8) is 0 Å². The van der Waals surface area contributed by atoms with E-state index in [0.717, 1.165) is 5.56 Å². The lowest BCUT2D eigenvalue weighted by Gasteiger charge is -2.03. The number of carbonyl (C=O) groups is 1. The summed E-state index contributed by atoms with van der Waals surface area (Å²) >= 11 is 0. The molecular weight excluding hydrogens is 240 g/mol. The highest BCUT2D eigenvalue weighted by Crippen LogP contribution is 2.15. The summed E-state index contributed by atoms with van der Waals surface area (Å²) in [5.41, 5.74) is 1.35. The predicted molar refractivity (Wildman–Crippen MR) is 69.4 cm³/mol. The van der Waals surface area contributed by atoms with Crippen LogP contribution in [0.4, 0.5) is 0 Å². The summed E-state index contributed by atoms with van der Waals surface area (Å²) in [5.74, 6) is 0.193. The van der Waals surface area contributed by atoms with Gasteiger partial charge in [0.1, 0.15) is 0 Å². The molecule has 0 N–H and O–H groups in total. The average Bonchev–Trinajstić information content (AvgIpc) is 2.98.